The van der Waals surface area contributed by atoms with Crippen LogP contribution in [0.1, 0.15) is 18.1 Å². The number of aryl methyl sites for hydroxylation is 1. The van der Waals surface area contributed by atoms with Crippen molar-refractivity contribution >= 4 is 5.76 Å². The monoisotopic (exact) mass is 175 g/mol. The Hall–Kier alpha value is -1.28. The van der Waals surface area contributed by atoms with Gasteiger partial charge in [-0.25, -0.2) is 0 Å². The van der Waals surface area contributed by atoms with Crippen molar-refractivity contribution in [1.82, 2.24) is 5.48 Å². The third-order valence-electron chi connectivity index (χ3n) is 2.09. The standard InChI is InChI=1S/C11H13NO/c1-8-3-5-10(6-4-8)11-7-9(2)12-13-11/h3-7,9,12H,1-2H3. The molecule has 1 aliphatic heterocycles. The molecule has 1 aliphatic rings. The van der Waals surface area contributed by atoms with Crippen LogP contribution in [0.25, 0.3) is 5.76 Å². The first kappa shape index (κ1) is 8.32. The molecule has 2 nitrogen and oxygen atoms in total. The van der Waals surface area contributed by atoms with Crippen molar-refractivity contribution in [2.24, 2.45) is 0 Å². The van der Waals surface area contributed by atoms with Crippen LogP contribution >= 0.6 is 0 Å². The summed E-state index contributed by atoms with van der Waals surface area (Å²) in [4.78, 5) is 5.30. The Labute approximate surface area is 78.2 Å². The smallest absolute Gasteiger partial charge is 0.152 e. The maximum absolute atomic E-state index is 5.30. The minimum atomic E-state index is 0.302. The Bertz CT molecular complexity index is 326. The highest BCUT2D eigenvalue weighted by atomic mass is 16.7. The highest BCUT2D eigenvalue weighted by Gasteiger charge is 2.13. The fourth-order valence-corrected chi connectivity index (χ4v) is 1.32. The van der Waals surface area contributed by atoms with Crippen molar-refractivity contribution < 1.29 is 4.84 Å². The zero-order valence-electron chi connectivity index (χ0n) is 7.87. The van der Waals surface area contributed by atoms with Gasteiger partial charge in [-0.15, -0.1) is 5.48 Å². The lowest BCUT2D eigenvalue weighted by atomic mass is 10.1. The SMILES string of the molecule is Cc1ccc(C2=CC(C)NO2)cc1. The molecule has 1 heterocycles. The molecule has 1 unspecified atom stereocenters. The van der Waals surface area contributed by atoms with Gasteiger partial charge in [0, 0.05) is 5.56 Å². The summed E-state index contributed by atoms with van der Waals surface area (Å²) in [6, 6.07) is 8.61. The summed E-state index contributed by atoms with van der Waals surface area (Å²) < 4.78 is 0. The molecule has 0 saturated heterocycles. The lowest BCUT2D eigenvalue weighted by molar-refractivity contribution is 0.167. The average molecular weight is 175 g/mol. The fraction of sp³-hybridized carbons (Fsp3) is 0.273. The van der Waals surface area contributed by atoms with Crippen LogP contribution in [0, 0.1) is 6.92 Å². The van der Waals surface area contributed by atoms with Crippen LogP contribution < -0.4 is 5.48 Å². The number of nitrogens with one attached hydrogen (secondary N) is 1. The number of benzene rings is 1. The Morgan fingerprint density at radius 3 is 2.46 bits per heavy atom. The second-order valence-electron chi connectivity index (χ2n) is 3.41. The Morgan fingerprint density at radius 1 is 1.23 bits per heavy atom. The van der Waals surface area contributed by atoms with Crippen LogP contribution in [-0.2, 0) is 4.84 Å². The van der Waals surface area contributed by atoms with Gasteiger partial charge in [0.25, 0.3) is 0 Å². The molecule has 0 fully saturated rings. The molecule has 2 heteroatoms. The molecule has 0 aromatic heterocycles. The van der Waals surface area contributed by atoms with Gasteiger partial charge >= 0.3 is 0 Å². The maximum atomic E-state index is 5.30. The molecule has 0 radical (unpaired) electrons. The number of hydrogen-bond donors (Lipinski definition) is 1. The van der Waals surface area contributed by atoms with Gasteiger partial charge in [-0.3, -0.25) is 0 Å². The van der Waals surface area contributed by atoms with Crippen molar-refractivity contribution in [2.45, 2.75) is 19.9 Å². The summed E-state index contributed by atoms with van der Waals surface area (Å²) in [5, 5.41) is 0. The largest absolute Gasteiger partial charge is 0.408 e. The quantitative estimate of drug-likeness (QED) is 0.707. The van der Waals surface area contributed by atoms with E-state index in [-0.39, 0.29) is 0 Å². The van der Waals surface area contributed by atoms with Crippen LogP contribution in [0.5, 0.6) is 0 Å². The normalized spacial score (nSPS) is 21.1. The summed E-state index contributed by atoms with van der Waals surface area (Å²) in [5.41, 5.74) is 5.28. The van der Waals surface area contributed by atoms with E-state index in [2.05, 4.69) is 49.7 Å². The molecule has 1 aromatic carbocycles. The molecule has 0 spiro atoms. The Morgan fingerprint density at radius 2 is 1.92 bits per heavy atom. The van der Waals surface area contributed by atoms with Crippen LogP contribution in [0.3, 0.4) is 0 Å². The zero-order valence-corrected chi connectivity index (χ0v) is 7.87. The van der Waals surface area contributed by atoms with Crippen LogP contribution in [0.4, 0.5) is 0 Å². The van der Waals surface area contributed by atoms with Crippen LogP contribution in [0.15, 0.2) is 30.3 Å². The van der Waals surface area contributed by atoms with Crippen LogP contribution in [-0.4, -0.2) is 6.04 Å². The molecule has 68 valence electrons. The minimum Gasteiger partial charge on any atom is -0.408 e. The number of hydroxylamine groups is 1. The van der Waals surface area contributed by atoms with Crippen molar-refractivity contribution in [3.8, 4) is 0 Å². The molecule has 0 aliphatic carbocycles. The summed E-state index contributed by atoms with van der Waals surface area (Å²) in [6.45, 7) is 4.13. The van der Waals surface area contributed by atoms with E-state index in [1.54, 1.807) is 0 Å². The topological polar surface area (TPSA) is 21.3 Å². The molecule has 13 heavy (non-hydrogen) atoms. The van der Waals surface area contributed by atoms with E-state index < -0.39 is 0 Å². The predicted molar refractivity (Wildman–Crippen MR) is 52.8 cm³/mol. The van der Waals surface area contributed by atoms with Crippen molar-refractivity contribution in [3.05, 3.63) is 41.5 Å². The third kappa shape index (κ3) is 1.73. The van der Waals surface area contributed by atoms with E-state index in [9.17, 15) is 0 Å². The van der Waals surface area contributed by atoms with Gasteiger partial charge in [0.1, 0.15) is 0 Å². The van der Waals surface area contributed by atoms with Gasteiger partial charge in [0.15, 0.2) is 5.76 Å². The molecule has 0 saturated carbocycles. The van der Waals surface area contributed by atoms with E-state index in [4.69, 9.17) is 4.84 Å². The highest BCUT2D eigenvalue weighted by Crippen LogP contribution is 2.19. The van der Waals surface area contributed by atoms with E-state index >= 15 is 0 Å². The summed E-state index contributed by atoms with van der Waals surface area (Å²) >= 11 is 0. The number of rotatable bonds is 1. The minimum absolute atomic E-state index is 0.302. The molecule has 2 rings (SSSR count). The van der Waals surface area contributed by atoms with Gasteiger partial charge in [0.05, 0.1) is 6.04 Å². The second-order valence-corrected chi connectivity index (χ2v) is 3.41. The lowest BCUT2D eigenvalue weighted by Gasteiger charge is -2.03. The molecule has 1 atom stereocenters. The molecule has 1 N–H and O–H groups in total. The van der Waals surface area contributed by atoms with Crippen molar-refractivity contribution in [1.29, 1.82) is 0 Å². The molecule has 1 aromatic rings. The Kier molecular flexibility index (Phi) is 2.07. The third-order valence-corrected chi connectivity index (χ3v) is 2.09. The molecule has 0 amide bonds. The fourth-order valence-electron chi connectivity index (χ4n) is 1.32. The van der Waals surface area contributed by atoms with Crippen molar-refractivity contribution in [2.75, 3.05) is 0 Å². The summed E-state index contributed by atoms with van der Waals surface area (Å²) in [7, 11) is 0. The predicted octanol–water partition coefficient (Wildman–Crippen LogP) is 2.26. The first-order valence-corrected chi connectivity index (χ1v) is 4.47. The van der Waals surface area contributed by atoms with Gasteiger partial charge in [-0.2, -0.15) is 0 Å². The molecular weight excluding hydrogens is 162 g/mol. The first-order valence-electron chi connectivity index (χ1n) is 4.47. The van der Waals surface area contributed by atoms with Gasteiger partial charge < -0.3 is 4.84 Å². The lowest BCUT2D eigenvalue weighted by Crippen LogP contribution is -2.15. The second kappa shape index (κ2) is 3.23. The van der Waals surface area contributed by atoms with E-state index in [1.165, 1.54) is 5.56 Å². The van der Waals surface area contributed by atoms with Crippen molar-refractivity contribution in [3.63, 3.8) is 0 Å². The zero-order chi connectivity index (χ0) is 9.26. The van der Waals surface area contributed by atoms with Crippen LogP contribution in [0.2, 0.25) is 0 Å². The summed E-state index contributed by atoms with van der Waals surface area (Å²) in [5.74, 6) is 0.924. The average Bonchev–Trinajstić information content (AvgIpc) is 2.53. The van der Waals surface area contributed by atoms with Gasteiger partial charge in [-0.1, -0.05) is 29.8 Å². The van der Waals surface area contributed by atoms with E-state index in [0.29, 0.717) is 6.04 Å². The number of hydrogen-bond acceptors (Lipinski definition) is 2. The molecule has 0 bridgehead atoms. The Balaban J connectivity index is 2.26. The van der Waals surface area contributed by atoms with E-state index in [1.807, 2.05) is 0 Å². The first-order chi connectivity index (χ1) is 6.25. The van der Waals surface area contributed by atoms with Gasteiger partial charge in [0.2, 0.25) is 0 Å². The molecular formula is C11H13NO. The van der Waals surface area contributed by atoms with E-state index in [0.717, 1.165) is 11.3 Å². The van der Waals surface area contributed by atoms with Gasteiger partial charge in [-0.05, 0) is 19.9 Å². The highest BCUT2D eigenvalue weighted by molar-refractivity contribution is 5.61. The maximum Gasteiger partial charge on any atom is 0.152 e. The summed E-state index contributed by atoms with van der Waals surface area (Å²) in [6.07, 6.45) is 2.07.